The standard InChI is InChI=1S/C16H18BrNO/c1-12-3-5-13(6-4-12)10-18(2)15-8-7-14(11-19)16(17)9-15/h3-9,19H,10-11H2,1-2H3. The summed E-state index contributed by atoms with van der Waals surface area (Å²) in [5.74, 6) is 0. The molecule has 0 saturated carbocycles. The lowest BCUT2D eigenvalue weighted by Crippen LogP contribution is -2.16. The Morgan fingerprint density at radius 3 is 2.37 bits per heavy atom. The summed E-state index contributed by atoms with van der Waals surface area (Å²) in [5.41, 5.74) is 4.61. The summed E-state index contributed by atoms with van der Waals surface area (Å²) in [7, 11) is 2.07. The molecule has 0 aromatic heterocycles. The first-order chi connectivity index (χ1) is 9.10. The maximum Gasteiger partial charge on any atom is 0.0692 e. The van der Waals surface area contributed by atoms with Crippen molar-refractivity contribution in [1.82, 2.24) is 0 Å². The molecule has 0 aliphatic carbocycles. The molecular formula is C16H18BrNO. The minimum absolute atomic E-state index is 0.0581. The molecule has 0 fully saturated rings. The lowest BCUT2D eigenvalue weighted by atomic mass is 10.1. The number of halogens is 1. The summed E-state index contributed by atoms with van der Waals surface area (Å²) < 4.78 is 0.947. The van der Waals surface area contributed by atoms with Crippen LogP contribution >= 0.6 is 15.9 Å². The quantitative estimate of drug-likeness (QED) is 0.924. The Balaban J connectivity index is 2.13. The van der Waals surface area contributed by atoms with Crippen molar-refractivity contribution in [2.45, 2.75) is 20.1 Å². The molecular weight excluding hydrogens is 302 g/mol. The van der Waals surface area contributed by atoms with Crippen LogP contribution in [0.2, 0.25) is 0 Å². The van der Waals surface area contributed by atoms with Crippen molar-refractivity contribution in [2.75, 3.05) is 11.9 Å². The van der Waals surface area contributed by atoms with Crippen LogP contribution in [0, 0.1) is 6.92 Å². The van der Waals surface area contributed by atoms with Gasteiger partial charge in [-0.3, -0.25) is 0 Å². The summed E-state index contributed by atoms with van der Waals surface area (Å²) in [6.45, 7) is 3.02. The van der Waals surface area contributed by atoms with Crippen LogP contribution in [0.25, 0.3) is 0 Å². The van der Waals surface area contributed by atoms with E-state index in [1.165, 1.54) is 11.1 Å². The zero-order valence-corrected chi connectivity index (χ0v) is 12.8. The molecule has 0 heterocycles. The van der Waals surface area contributed by atoms with E-state index in [2.05, 4.69) is 59.1 Å². The normalized spacial score (nSPS) is 10.5. The summed E-state index contributed by atoms with van der Waals surface area (Å²) in [6, 6.07) is 14.6. The fraction of sp³-hybridized carbons (Fsp3) is 0.250. The predicted octanol–water partition coefficient (Wildman–Crippen LogP) is 3.89. The Morgan fingerprint density at radius 2 is 1.79 bits per heavy atom. The second kappa shape index (κ2) is 6.22. The van der Waals surface area contributed by atoms with Crippen LogP contribution in [0.1, 0.15) is 16.7 Å². The van der Waals surface area contributed by atoms with Gasteiger partial charge in [0.25, 0.3) is 0 Å². The van der Waals surface area contributed by atoms with Crippen molar-refractivity contribution in [3.05, 3.63) is 63.6 Å². The van der Waals surface area contributed by atoms with Crippen LogP contribution in [0.15, 0.2) is 46.9 Å². The highest BCUT2D eigenvalue weighted by atomic mass is 79.9. The van der Waals surface area contributed by atoms with Gasteiger partial charge in [0.1, 0.15) is 0 Å². The fourth-order valence-corrected chi connectivity index (χ4v) is 2.45. The molecule has 0 bridgehead atoms. The van der Waals surface area contributed by atoms with Gasteiger partial charge >= 0.3 is 0 Å². The lowest BCUT2D eigenvalue weighted by Gasteiger charge is -2.20. The fourth-order valence-electron chi connectivity index (χ4n) is 1.96. The van der Waals surface area contributed by atoms with Crippen molar-refractivity contribution < 1.29 is 5.11 Å². The maximum atomic E-state index is 9.17. The number of aliphatic hydroxyl groups excluding tert-OH is 1. The predicted molar refractivity (Wildman–Crippen MR) is 83.4 cm³/mol. The summed E-state index contributed by atoms with van der Waals surface area (Å²) in [4.78, 5) is 2.19. The van der Waals surface area contributed by atoms with Crippen molar-refractivity contribution in [3.8, 4) is 0 Å². The van der Waals surface area contributed by atoms with Gasteiger partial charge in [-0.2, -0.15) is 0 Å². The van der Waals surface area contributed by atoms with Crippen molar-refractivity contribution in [3.63, 3.8) is 0 Å². The molecule has 0 unspecified atom stereocenters. The molecule has 100 valence electrons. The third kappa shape index (κ3) is 3.58. The van der Waals surface area contributed by atoms with Crippen LogP contribution in [0.3, 0.4) is 0 Å². The minimum Gasteiger partial charge on any atom is -0.392 e. The molecule has 2 aromatic carbocycles. The van der Waals surface area contributed by atoms with E-state index in [4.69, 9.17) is 5.11 Å². The van der Waals surface area contributed by atoms with E-state index in [9.17, 15) is 0 Å². The summed E-state index contributed by atoms with van der Waals surface area (Å²) >= 11 is 3.48. The number of benzene rings is 2. The molecule has 1 N–H and O–H groups in total. The van der Waals surface area contributed by atoms with Gasteiger partial charge in [-0.1, -0.05) is 51.8 Å². The van der Waals surface area contributed by atoms with E-state index in [0.29, 0.717) is 0 Å². The number of hydrogen-bond acceptors (Lipinski definition) is 2. The highest BCUT2D eigenvalue weighted by Crippen LogP contribution is 2.24. The summed E-state index contributed by atoms with van der Waals surface area (Å²) in [6.07, 6.45) is 0. The van der Waals surface area contributed by atoms with Gasteiger partial charge in [0.15, 0.2) is 0 Å². The molecule has 0 saturated heterocycles. The van der Waals surface area contributed by atoms with Crippen molar-refractivity contribution >= 4 is 21.6 Å². The first-order valence-corrected chi connectivity index (χ1v) is 7.05. The molecule has 19 heavy (non-hydrogen) atoms. The average Bonchev–Trinajstić information content (AvgIpc) is 2.41. The molecule has 0 atom stereocenters. The van der Waals surface area contributed by atoms with Crippen molar-refractivity contribution in [2.24, 2.45) is 0 Å². The Morgan fingerprint density at radius 1 is 1.11 bits per heavy atom. The first-order valence-electron chi connectivity index (χ1n) is 6.26. The van der Waals surface area contributed by atoms with E-state index in [1.54, 1.807) is 0 Å². The molecule has 2 aromatic rings. The zero-order valence-electron chi connectivity index (χ0n) is 11.2. The largest absolute Gasteiger partial charge is 0.392 e. The maximum absolute atomic E-state index is 9.17. The van der Waals surface area contributed by atoms with E-state index in [-0.39, 0.29) is 6.61 Å². The number of aryl methyl sites for hydroxylation is 1. The first kappa shape index (κ1) is 14.1. The average molecular weight is 320 g/mol. The Hall–Kier alpha value is -1.32. The number of aliphatic hydroxyl groups is 1. The highest BCUT2D eigenvalue weighted by Gasteiger charge is 2.05. The molecule has 0 aliphatic rings. The highest BCUT2D eigenvalue weighted by molar-refractivity contribution is 9.10. The SMILES string of the molecule is Cc1ccc(CN(C)c2ccc(CO)c(Br)c2)cc1. The number of rotatable bonds is 4. The number of nitrogens with zero attached hydrogens (tertiary/aromatic N) is 1. The van der Waals surface area contributed by atoms with Gasteiger partial charge in [0, 0.05) is 23.8 Å². The van der Waals surface area contributed by atoms with Crippen LogP contribution in [-0.4, -0.2) is 12.2 Å². The van der Waals surface area contributed by atoms with Crippen LogP contribution < -0.4 is 4.90 Å². The third-order valence-electron chi connectivity index (χ3n) is 3.19. The number of hydrogen-bond donors (Lipinski definition) is 1. The molecule has 3 heteroatoms. The van der Waals surface area contributed by atoms with Gasteiger partial charge < -0.3 is 10.0 Å². The van der Waals surface area contributed by atoms with E-state index < -0.39 is 0 Å². The Labute approximate surface area is 122 Å². The van der Waals surface area contributed by atoms with Crippen LogP contribution in [0.5, 0.6) is 0 Å². The molecule has 2 nitrogen and oxygen atoms in total. The Bertz CT molecular complexity index is 551. The molecule has 0 aliphatic heterocycles. The number of anilines is 1. The van der Waals surface area contributed by atoms with Crippen LogP contribution in [-0.2, 0) is 13.2 Å². The monoisotopic (exact) mass is 319 g/mol. The lowest BCUT2D eigenvalue weighted by molar-refractivity contribution is 0.281. The minimum atomic E-state index is 0.0581. The zero-order chi connectivity index (χ0) is 13.8. The third-order valence-corrected chi connectivity index (χ3v) is 3.93. The summed E-state index contributed by atoms with van der Waals surface area (Å²) in [5, 5.41) is 9.17. The topological polar surface area (TPSA) is 23.5 Å². The molecule has 2 rings (SSSR count). The second-order valence-corrected chi connectivity index (χ2v) is 5.63. The molecule has 0 amide bonds. The van der Waals surface area contributed by atoms with Crippen molar-refractivity contribution in [1.29, 1.82) is 0 Å². The Kier molecular flexibility index (Phi) is 4.61. The van der Waals surface area contributed by atoms with E-state index in [1.807, 2.05) is 18.2 Å². The smallest absolute Gasteiger partial charge is 0.0692 e. The van der Waals surface area contributed by atoms with E-state index in [0.717, 1.165) is 22.3 Å². The van der Waals surface area contributed by atoms with Gasteiger partial charge in [0.2, 0.25) is 0 Å². The van der Waals surface area contributed by atoms with Crippen LogP contribution in [0.4, 0.5) is 5.69 Å². The second-order valence-electron chi connectivity index (χ2n) is 4.78. The van der Waals surface area contributed by atoms with Gasteiger partial charge in [-0.05, 0) is 30.2 Å². The van der Waals surface area contributed by atoms with Gasteiger partial charge in [-0.15, -0.1) is 0 Å². The van der Waals surface area contributed by atoms with Gasteiger partial charge in [-0.25, -0.2) is 0 Å². The van der Waals surface area contributed by atoms with E-state index >= 15 is 0 Å². The molecule has 0 radical (unpaired) electrons. The van der Waals surface area contributed by atoms with Gasteiger partial charge in [0.05, 0.1) is 6.61 Å². The molecule has 0 spiro atoms.